The van der Waals surface area contributed by atoms with Crippen LogP contribution in [0.4, 0.5) is 0 Å². The number of hydrogen-bond acceptors (Lipinski definition) is 7. The van der Waals surface area contributed by atoms with E-state index in [0.717, 1.165) is 32.1 Å². The molecule has 0 aromatic heterocycles. The Bertz CT molecular complexity index is 983. The number of guanidine groups is 1. The molecule has 2 aliphatic rings. The molecule has 42 heavy (non-hydrogen) atoms. The second kappa shape index (κ2) is 16.9. The van der Waals surface area contributed by atoms with Crippen LogP contribution in [0.5, 0.6) is 0 Å². The molecule has 1 aliphatic heterocycles. The third-order valence-corrected chi connectivity index (χ3v) is 8.02. The number of carbonyl (C=O) groups excluding carboxylic acids is 5. The van der Waals surface area contributed by atoms with Crippen molar-refractivity contribution in [3.05, 3.63) is 0 Å². The zero-order chi connectivity index (χ0) is 31.3. The van der Waals surface area contributed by atoms with Crippen LogP contribution < -0.4 is 43.6 Å². The largest absolute Gasteiger partial charge is 0.369 e. The topological polar surface area (TPSA) is 222 Å². The molecule has 238 valence electrons. The highest BCUT2D eigenvalue weighted by Crippen LogP contribution is 2.27. The molecule has 10 N–H and O–H groups in total. The van der Waals surface area contributed by atoms with Gasteiger partial charge in [-0.15, -0.1) is 0 Å². The van der Waals surface area contributed by atoms with Crippen molar-refractivity contribution in [1.82, 2.24) is 32.0 Å². The molecule has 0 spiro atoms. The molecule has 1 heterocycles. The highest BCUT2D eigenvalue weighted by molar-refractivity contribution is 5.97. The molecule has 0 radical (unpaired) electrons. The Morgan fingerprint density at radius 1 is 1.00 bits per heavy atom. The lowest BCUT2D eigenvalue weighted by molar-refractivity contribution is -0.138. The third kappa shape index (κ3) is 10.8. The SMILES string of the molecule is CC[C@@H]1NC(=O)[C@H](CCCN=C(N)NN)NC(=O)[C@](C)(NC(=O)C(C)C)CCNC(=O)[C@@H](CC2CCCCC2)NC1=O. The maximum atomic E-state index is 13.7. The Kier molecular flexibility index (Phi) is 14.0. The lowest BCUT2D eigenvalue weighted by Crippen LogP contribution is -2.63. The van der Waals surface area contributed by atoms with Crippen LogP contribution >= 0.6 is 0 Å². The molecule has 14 nitrogen and oxygen atoms in total. The van der Waals surface area contributed by atoms with Gasteiger partial charge in [0, 0.05) is 19.0 Å². The summed E-state index contributed by atoms with van der Waals surface area (Å²) in [5.74, 6) is 2.91. The average Bonchev–Trinajstić information content (AvgIpc) is 2.96. The lowest BCUT2D eigenvalue weighted by Gasteiger charge is -2.34. The first-order valence-corrected chi connectivity index (χ1v) is 15.2. The fourth-order valence-electron chi connectivity index (χ4n) is 5.22. The number of nitrogens with zero attached hydrogens (tertiary/aromatic N) is 1. The van der Waals surface area contributed by atoms with Gasteiger partial charge in [0.25, 0.3) is 0 Å². The Labute approximate surface area is 248 Å². The van der Waals surface area contributed by atoms with E-state index in [2.05, 4.69) is 37.0 Å². The first kappa shape index (κ1) is 34.8. The predicted octanol–water partition coefficient (Wildman–Crippen LogP) is -0.570. The number of aliphatic imine (C=N–C) groups is 1. The molecule has 1 saturated carbocycles. The Balaban J connectivity index is 2.37. The summed E-state index contributed by atoms with van der Waals surface area (Å²) in [6.07, 6.45) is 6.73. The first-order valence-electron chi connectivity index (χ1n) is 15.2. The minimum Gasteiger partial charge on any atom is -0.369 e. The van der Waals surface area contributed by atoms with Gasteiger partial charge in [-0.1, -0.05) is 52.9 Å². The van der Waals surface area contributed by atoms with Crippen LogP contribution in [0, 0.1) is 11.8 Å². The highest BCUT2D eigenvalue weighted by Gasteiger charge is 2.39. The first-order chi connectivity index (χ1) is 19.9. The van der Waals surface area contributed by atoms with Crippen LogP contribution in [-0.4, -0.2) is 72.2 Å². The zero-order valence-corrected chi connectivity index (χ0v) is 25.5. The molecule has 0 aromatic rings. The summed E-state index contributed by atoms with van der Waals surface area (Å²) in [6.45, 7) is 7.07. The fourth-order valence-corrected chi connectivity index (χ4v) is 5.22. The molecule has 5 amide bonds. The minimum absolute atomic E-state index is 0.0333. The van der Waals surface area contributed by atoms with E-state index in [1.54, 1.807) is 27.7 Å². The summed E-state index contributed by atoms with van der Waals surface area (Å²) in [5, 5.41) is 14.1. The van der Waals surface area contributed by atoms with Crippen molar-refractivity contribution in [3.8, 4) is 0 Å². The third-order valence-electron chi connectivity index (χ3n) is 8.02. The van der Waals surface area contributed by atoms with Gasteiger partial charge < -0.3 is 32.3 Å². The number of rotatable bonds is 9. The maximum absolute atomic E-state index is 13.7. The lowest BCUT2D eigenvalue weighted by atomic mass is 9.84. The van der Waals surface area contributed by atoms with Gasteiger partial charge in [0.2, 0.25) is 35.5 Å². The summed E-state index contributed by atoms with van der Waals surface area (Å²) in [5.41, 5.74) is 6.38. The van der Waals surface area contributed by atoms with E-state index in [0.29, 0.717) is 18.8 Å². The molecule has 1 saturated heterocycles. The maximum Gasteiger partial charge on any atom is 0.246 e. The van der Waals surface area contributed by atoms with Gasteiger partial charge in [-0.05, 0) is 44.9 Å². The molecule has 2 rings (SSSR count). The van der Waals surface area contributed by atoms with E-state index >= 15 is 0 Å². The second-order valence-corrected chi connectivity index (χ2v) is 11.9. The van der Waals surface area contributed by atoms with Gasteiger partial charge in [0.15, 0.2) is 0 Å². The van der Waals surface area contributed by atoms with Crippen molar-refractivity contribution in [2.24, 2.45) is 28.4 Å². The number of hydrazine groups is 1. The molecule has 2 fully saturated rings. The van der Waals surface area contributed by atoms with E-state index in [-0.39, 0.29) is 50.1 Å². The number of amides is 5. The summed E-state index contributed by atoms with van der Waals surface area (Å²) >= 11 is 0. The average molecular weight is 594 g/mol. The second-order valence-electron chi connectivity index (χ2n) is 11.9. The number of hydrogen-bond donors (Lipinski definition) is 8. The number of nitrogens with one attached hydrogen (secondary N) is 6. The van der Waals surface area contributed by atoms with Gasteiger partial charge in [-0.3, -0.25) is 34.4 Å². The van der Waals surface area contributed by atoms with Crippen molar-refractivity contribution < 1.29 is 24.0 Å². The quantitative estimate of drug-likeness (QED) is 0.0567. The van der Waals surface area contributed by atoms with Gasteiger partial charge in [-0.2, -0.15) is 0 Å². The molecule has 0 unspecified atom stereocenters. The minimum atomic E-state index is -1.42. The van der Waals surface area contributed by atoms with Crippen molar-refractivity contribution >= 4 is 35.5 Å². The normalized spacial score (nSPS) is 27.3. The smallest absolute Gasteiger partial charge is 0.246 e. The monoisotopic (exact) mass is 593 g/mol. The standard InChI is InChI=1S/C28H51N9O5/c1-5-19-24(40)34-21(16-18-10-7-6-8-11-18)23(39)31-15-13-28(4,36-22(38)17(2)3)26(42)35-20(25(41)33-19)12-9-14-32-27(29)37-30/h17-21H,5-16,30H2,1-4H3,(H,31,39)(H,33,41)(H,34,40)(H,35,42)(H,36,38)(H3,29,32,37)/t19-,20-,21+,28+/m0/s1. The van der Waals surface area contributed by atoms with E-state index in [9.17, 15) is 24.0 Å². The predicted molar refractivity (Wildman–Crippen MR) is 159 cm³/mol. The van der Waals surface area contributed by atoms with Crippen molar-refractivity contribution in [1.29, 1.82) is 0 Å². The molecule has 4 atom stereocenters. The van der Waals surface area contributed by atoms with Crippen LogP contribution in [-0.2, 0) is 24.0 Å². The Morgan fingerprint density at radius 2 is 1.64 bits per heavy atom. The van der Waals surface area contributed by atoms with Crippen LogP contribution in [0.2, 0.25) is 0 Å². The van der Waals surface area contributed by atoms with Crippen molar-refractivity contribution in [3.63, 3.8) is 0 Å². The molecular weight excluding hydrogens is 542 g/mol. The van der Waals surface area contributed by atoms with E-state index in [4.69, 9.17) is 11.6 Å². The molecule has 1 aliphatic carbocycles. The Hall–Kier alpha value is -3.42. The van der Waals surface area contributed by atoms with Crippen molar-refractivity contribution in [2.75, 3.05) is 13.1 Å². The molecular formula is C28H51N9O5. The highest BCUT2D eigenvalue weighted by atomic mass is 16.2. The van der Waals surface area contributed by atoms with Crippen LogP contribution in [0.3, 0.4) is 0 Å². The van der Waals surface area contributed by atoms with E-state index in [1.807, 2.05) is 0 Å². The molecule has 14 heteroatoms. The van der Waals surface area contributed by atoms with E-state index in [1.165, 1.54) is 0 Å². The fraction of sp³-hybridized carbons (Fsp3) is 0.786. The van der Waals surface area contributed by atoms with Gasteiger partial charge in [0.05, 0.1) is 0 Å². The van der Waals surface area contributed by atoms with E-state index < -0.39 is 47.3 Å². The summed E-state index contributed by atoms with van der Waals surface area (Å²) in [6, 6.07) is -2.72. The van der Waals surface area contributed by atoms with Crippen LogP contribution in [0.25, 0.3) is 0 Å². The van der Waals surface area contributed by atoms with Crippen LogP contribution in [0.1, 0.15) is 91.9 Å². The number of nitrogens with two attached hydrogens (primary N) is 2. The van der Waals surface area contributed by atoms with Gasteiger partial charge in [0.1, 0.15) is 23.7 Å². The zero-order valence-electron chi connectivity index (χ0n) is 25.5. The summed E-state index contributed by atoms with van der Waals surface area (Å²) < 4.78 is 0. The summed E-state index contributed by atoms with van der Waals surface area (Å²) in [4.78, 5) is 70.5. The Morgan fingerprint density at radius 3 is 2.26 bits per heavy atom. The summed E-state index contributed by atoms with van der Waals surface area (Å²) in [7, 11) is 0. The van der Waals surface area contributed by atoms with Crippen LogP contribution in [0.15, 0.2) is 4.99 Å². The molecule has 0 bridgehead atoms. The number of carbonyl (C=O) groups is 5. The van der Waals surface area contributed by atoms with Gasteiger partial charge in [-0.25, -0.2) is 5.84 Å². The molecule has 0 aromatic carbocycles. The van der Waals surface area contributed by atoms with Crippen molar-refractivity contribution in [2.45, 2.75) is 116 Å². The van der Waals surface area contributed by atoms with Gasteiger partial charge >= 0.3 is 0 Å².